The van der Waals surface area contributed by atoms with Gasteiger partial charge in [-0.25, -0.2) is 4.79 Å². The number of ether oxygens (including phenoxy) is 5. The molecule has 48 heavy (non-hydrogen) atoms. The number of halogens is 1. The minimum atomic E-state index is -0.876. The second-order valence-electron chi connectivity index (χ2n) is 14.4. The maximum Gasteiger partial charge on any atom is 0.331 e. The van der Waals surface area contributed by atoms with Crippen LogP contribution in [-0.2, 0) is 32.5 Å². The molecule has 8 nitrogen and oxygen atoms in total. The van der Waals surface area contributed by atoms with Crippen LogP contribution in [0.25, 0.3) is 0 Å². The van der Waals surface area contributed by atoms with Gasteiger partial charge in [0, 0.05) is 35.3 Å². The average molecular weight is 675 g/mol. The molecule has 0 saturated heterocycles. The lowest BCUT2D eigenvalue weighted by Gasteiger charge is -2.48. The van der Waals surface area contributed by atoms with Crippen molar-refractivity contribution in [2.45, 2.75) is 88.5 Å². The van der Waals surface area contributed by atoms with Crippen LogP contribution in [0.3, 0.4) is 0 Å². The molecule has 0 unspecified atom stereocenters. The standard InChI is InChI=1S/C39H47ClN2O6/c1-25(23-46-33-10-15-41-32-9-4-6-26(2)36(32)33)18-28-19-27-20-34-35(48-24-47-34)22-31(27)38(28)11-13-39(14-12-38,37(43)45-17-16-44-3)42-30-8-5-7-29(40)21-30/h5,7-8,10,15,20-22,25-26,28,42H,4,6,9,11-14,16-19,23-24H2,1-3H3/t25-,26-,28+,38?,39?/m1/s1. The van der Waals surface area contributed by atoms with E-state index in [1.165, 1.54) is 35.2 Å². The van der Waals surface area contributed by atoms with Crippen molar-refractivity contribution in [2.75, 3.05) is 39.0 Å². The monoisotopic (exact) mass is 674 g/mol. The number of aromatic nitrogens is 1. The Balaban J connectivity index is 1.14. The number of esters is 1. The van der Waals surface area contributed by atoms with Gasteiger partial charge in [-0.05, 0) is 128 Å². The number of hydrogen-bond acceptors (Lipinski definition) is 8. The first-order valence-electron chi connectivity index (χ1n) is 17.5. The summed E-state index contributed by atoms with van der Waals surface area (Å²) in [5.74, 6) is 3.57. The van der Waals surface area contributed by atoms with Crippen LogP contribution in [-0.4, -0.2) is 50.2 Å². The Bertz CT molecular complexity index is 1640. The van der Waals surface area contributed by atoms with Crippen molar-refractivity contribution >= 4 is 23.3 Å². The van der Waals surface area contributed by atoms with Gasteiger partial charge in [0.25, 0.3) is 0 Å². The van der Waals surface area contributed by atoms with Crippen LogP contribution in [0.2, 0.25) is 5.02 Å². The fourth-order valence-electron chi connectivity index (χ4n) is 8.84. The second kappa shape index (κ2) is 13.8. The van der Waals surface area contributed by atoms with E-state index in [0.717, 1.165) is 55.0 Å². The summed E-state index contributed by atoms with van der Waals surface area (Å²) < 4.78 is 29.3. The fraction of sp³-hybridized carbons (Fsp3) is 0.538. The molecule has 1 aliphatic heterocycles. The zero-order valence-electron chi connectivity index (χ0n) is 28.3. The van der Waals surface area contributed by atoms with Crippen molar-refractivity contribution in [3.63, 3.8) is 0 Å². The molecule has 1 N–H and O–H groups in total. The highest BCUT2D eigenvalue weighted by atomic mass is 35.5. The molecule has 4 aliphatic rings. The number of rotatable bonds is 11. The molecule has 1 aromatic heterocycles. The van der Waals surface area contributed by atoms with E-state index in [-0.39, 0.29) is 24.8 Å². The number of aryl methyl sites for hydroxylation is 1. The van der Waals surface area contributed by atoms with Crippen molar-refractivity contribution < 1.29 is 28.5 Å². The Hall–Kier alpha value is -3.49. The Morgan fingerprint density at radius 3 is 2.71 bits per heavy atom. The van der Waals surface area contributed by atoms with Gasteiger partial charge >= 0.3 is 5.97 Å². The van der Waals surface area contributed by atoms with E-state index >= 15 is 0 Å². The average Bonchev–Trinajstić information content (AvgIpc) is 3.65. The predicted octanol–water partition coefficient (Wildman–Crippen LogP) is 8.03. The van der Waals surface area contributed by atoms with Gasteiger partial charge in [-0.15, -0.1) is 0 Å². The van der Waals surface area contributed by atoms with E-state index in [4.69, 9.17) is 35.3 Å². The number of carbonyl (C=O) groups is 1. The summed E-state index contributed by atoms with van der Waals surface area (Å²) in [4.78, 5) is 18.5. The molecule has 2 aromatic carbocycles. The van der Waals surface area contributed by atoms with E-state index < -0.39 is 5.54 Å². The Morgan fingerprint density at radius 2 is 1.92 bits per heavy atom. The molecule has 3 atom stereocenters. The SMILES string of the molecule is COCCOC(=O)C1(Nc2cccc(Cl)c2)CCC2(CC1)c1cc3c(cc1C[C@@H]2C[C@@H](C)COc1ccnc2c1[C@H](C)CCC2)OCO3. The maximum atomic E-state index is 13.9. The molecule has 0 amide bonds. The molecule has 3 aromatic rings. The van der Waals surface area contributed by atoms with E-state index in [0.29, 0.717) is 48.8 Å². The molecule has 256 valence electrons. The number of carbonyl (C=O) groups excluding carboxylic acids is 1. The highest BCUT2D eigenvalue weighted by Gasteiger charge is 2.55. The van der Waals surface area contributed by atoms with Gasteiger partial charge in [-0.2, -0.15) is 0 Å². The molecular weight excluding hydrogens is 628 g/mol. The Morgan fingerprint density at radius 1 is 1.10 bits per heavy atom. The van der Waals surface area contributed by atoms with Crippen LogP contribution < -0.4 is 19.5 Å². The molecule has 1 saturated carbocycles. The van der Waals surface area contributed by atoms with Gasteiger partial charge in [0.1, 0.15) is 17.9 Å². The number of anilines is 1. The minimum Gasteiger partial charge on any atom is -0.493 e. The summed E-state index contributed by atoms with van der Waals surface area (Å²) in [6.45, 7) is 6.07. The summed E-state index contributed by atoms with van der Waals surface area (Å²) >= 11 is 6.36. The van der Waals surface area contributed by atoms with Crippen molar-refractivity contribution in [3.8, 4) is 17.2 Å². The number of hydrogen-bond donors (Lipinski definition) is 1. The molecular formula is C39H47ClN2O6. The third-order valence-corrected chi connectivity index (χ3v) is 11.5. The quantitative estimate of drug-likeness (QED) is 0.162. The Labute approximate surface area is 288 Å². The van der Waals surface area contributed by atoms with Gasteiger partial charge in [0.2, 0.25) is 6.79 Å². The predicted molar refractivity (Wildman–Crippen MR) is 185 cm³/mol. The van der Waals surface area contributed by atoms with Crippen LogP contribution >= 0.6 is 11.6 Å². The third kappa shape index (κ3) is 6.34. The summed E-state index contributed by atoms with van der Waals surface area (Å²) in [5.41, 5.74) is 4.98. The van der Waals surface area contributed by atoms with Gasteiger partial charge in [0.15, 0.2) is 11.5 Å². The fourth-order valence-corrected chi connectivity index (χ4v) is 9.03. The van der Waals surface area contributed by atoms with Crippen LogP contribution in [0.1, 0.15) is 87.1 Å². The summed E-state index contributed by atoms with van der Waals surface area (Å²) in [5, 5.41) is 4.21. The summed E-state index contributed by atoms with van der Waals surface area (Å²) in [6, 6.07) is 14.0. The van der Waals surface area contributed by atoms with Crippen LogP contribution in [0, 0.1) is 11.8 Å². The highest BCUT2D eigenvalue weighted by Crippen LogP contribution is 2.58. The minimum absolute atomic E-state index is 0.110. The van der Waals surface area contributed by atoms with E-state index in [2.05, 4.69) is 36.3 Å². The second-order valence-corrected chi connectivity index (χ2v) is 14.8. The molecule has 2 heterocycles. The van der Waals surface area contributed by atoms with Crippen LogP contribution in [0.5, 0.6) is 17.2 Å². The van der Waals surface area contributed by atoms with E-state index in [9.17, 15) is 4.79 Å². The smallest absolute Gasteiger partial charge is 0.331 e. The lowest BCUT2D eigenvalue weighted by Crippen LogP contribution is -2.54. The molecule has 3 aliphatic carbocycles. The first-order chi connectivity index (χ1) is 23.3. The van der Waals surface area contributed by atoms with Crippen molar-refractivity contribution in [1.29, 1.82) is 0 Å². The lowest BCUT2D eigenvalue weighted by atomic mass is 9.59. The van der Waals surface area contributed by atoms with E-state index in [1.807, 2.05) is 36.5 Å². The molecule has 1 spiro atoms. The third-order valence-electron chi connectivity index (χ3n) is 11.3. The van der Waals surface area contributed by atoms with Crippen LogP contribution in [0.15, 0.2) is 48.7 Å². The number of pyridine rings is 1. The largest absolute Gasteiger partial charge is 0.493 e. The van der Waals surface area contributed by atoms with Gasteiger partial charge < -0.3 is 29.0 Å². The Kier molecular flexibility index (Phi) is 9.49. The van der Waals surface area contributed by atoms with Gasteiger partial charge in [0.05, 0.1) is 13.2 Å². The first kappa shape index (κ1) is 33.0. The van der Waals surface area contributed by atoms with Crippen LogP contribution in [0.4, 0.5) is 5.69 Å². The lowest BCUT2D eigenvalue weighted by molar-refractivity contribution is -0.152. The zero-order chi connectivity index (χ0) is 33.3. The highest BCUT2D eigenvalue weighted by molar-refractivity contribution is 6.30. The van der Waals surface area contributed by atoms with Crippen molar-refractivity contribution in [2.24, 2.45) is 11.8 Å². The summed E-state index contributed by atoms with van der Waals surface area (Å²) in [6.07, 6.45) is 10.2. The van der Waals surface area contributed by atoms with Crippen molar-refractivity contribution in [3.05, 3.63) is 76.1 Å². The molecule has 0 bridgehead atoms. The maximum absolute atomic E-state index is 13.9. The number of fused-ring (bicyclic) bond motifs is 4. The van der Waals surface area contributed by atoms with Crippen molar-refractivity contribution in [1.82, 2.24) is 4.98 Å². The topological polar surface area (TPSA) is 88.1 Å². The first-order valence-corrected chi connectivity index (χ1v) is 17.9. The molecule has 0 radical (unpaired) electrons. The van der Waals surface area contributed by atoms with E-state index in [1.54, 1.807) is 7.11 Å². The molecule has 9 heteroatoms. The number of nitrogens with zero attached hydrogens (tertiary/aromatic N) is 1. The zero-order valence-corrected chi connectivity index (χ0v) is 29.1. The van der Waals surface area contributed by atoms with Gasteiger partial charge in [-0.3, -0.25) is 4.98 Å². The number of methoxy groups -OCH3 is 1. The molecule has 1 fully saturated rings. The normalized spacial score (nSPS) is 26.1. The number of nitrogens with one attached hydrogen (secondary N) is 1. The summed E-state index contributed by atoms with van der Waals surface area (Å²) in [7, 11) is 1.61. The van der Waals surface area contributed by atoms with Gasteiger partial charge in [-0.1, -0.05) is 31.5 Å². The number of benzene rings is 2. The molecule has 7 rings (SSSR count).